The van der Waals surface area contributed by atoms with Crippen molar-refractivity contribution in [2.75, 3.05) is 18.0 Å². The van der Waals surface area contributed by atoms with E-state index in [0.29, 0.717) is 11.7 Å². The molecule has 6 nitrogen and oxygen atoms in total. The fraction of sp³-hybridized carbons (Fsp3) is 0.333. The zero-order valence-electron chi connectivity index (χ0n) is 13.4. The fourth-order valence-electron chi connectivity index (χ4n) is 3.05. The van der Waals surface area contributed by atoms with Crippen LogP contribution >= 0.6 is 0 Å². The van der Waals surface area contributed by atoms with Gasteiger partial charge in [0.05, 0.1) is 0 Å². The highest BCUT2D eigenvalue weighted by molar-refractivity contribution is 5.70. The molecule has 2 aromatic heterocycles. The van der Waals surface area contributed by atoms with Gasteiger partial charge in [-0.25, -0.2) is 9.97 Å². The van der Waals surface area contributed by atoms with Crippen LogP contribution < -0.4 is 4.90 Å². The molecule has 0 aliphatic carbocycles. The number of hydrogen-bond donors (Lipinski definition) is 0. The lowest BCUT2D eigenvalue weighted by Gasteiger charge is -2.22. The quantitative estimate of drug-likeness (QED) is 0.734. The molecule has 6 heteroatoms. The van der Waals surface area contributed by atoms with Gasteiger partial charge in [0, 0.05) is 24.8 Å². The number of benzene rings is 1. The van der Waals surface area contributed by atoms with Crippen LogP contribution in [-0.2, 0) is 0 Å². The Kier molecular flexibility index (Phi) is 4.18. The molecule has 1 aliphatic heterocycles. The first-order valence-electron chi connectivity index (χ1n) is 8.36. The number of nitrogens with zero attached hydrogens (tertiary/aromatic N) is 5. The van der Waals surface area contributed by atoms with E-state index < -0.39 is 0 Å². The van der Waals surface area contributed by atoms with Crippen LogP contribution in [0.4, 0.5) is 5.82 Å². The lowest BCUT2D eigenvalue weighted by atomic mass is 10.2. The van der Waals surface area contributed by atoms with Crippen LogP contribution in [0.15, 0.2) is 47.4 Å². The van der Waals surface area contributed by atoms with E-state index in [2.05, 4.69) is 25.0 Å². The monoisotopic (exact) mass is 321 g/mol. The van der Waals surface area contributed by atoms with Gasteiger partial charge in [-0.15, -0.1) is 0 Å². The minimum Gasteiger partial charge on any atom is -0.356 e. The molecule has 0 radical (unpaired) electrons. The highest BCUT2D eigenvalue weighted by atomic mass is 16.5. The standard InChI is InChI=1S/C18H19N5O/c1-2-7-11-23(10-6-1)17-15(12-19-13-20-17)18-21-16(22-24-18)14-8-4-3-5-9-14/h3-5,8-9,12-13H,1-2,6-7,10-11H2. The molecular formula is C18H19N5O. The second-order valence-corrected chi connectivity index (χ2v) is 5.95. The Labute approximate surface area is 140 Å². The van der Waals surface area contributed by atoms with Gasteiger partial charge in [-0.05, 0) is 12.8 Å². The maximum atomic E-state index is 5.50. The van der Waals surface area contributed by atoms with Crippen LogP contribution in [0, 0.1) is 0 Å². The topological polar surface area (TPSA) is 67.9 Å². The van der Waals surface area contributed by atoms with Crippen molar-refractivity contribution in [1.29, 1.82) is 0 Å². The van der Waals surface area contributed by atoms with Crippen LogP contribution in [0.3, 0.4) is 0 Å². The molecule has 3 heterocycles. The predicted octanol–water partition coefficient (Wildman–Crippen LogP) is 3.57. The summed E-state index contributed by atoms with van der Waals surface area (Å²) in [7, 11) is 0. The summed E-state index contributed by atoms with van der Waals surface area (Å²) >= 11 is 0. The lowest BCUT2D eigenvalue weighted by molar-refractivity contribution is 0.432. The second kappa shape index (κ2) is 6.78. The van der Waals surface area contributed by atoms with E-state index in [-0.39, 0.29) is 0 Å². The van der Waals surface area contributed by atoms with E-state index in [1.807, 2.05) is 30.3 Å². The first-order valence-corrected chi connectivity index (χ1v) is 8.36. The number of hydrogen-bond acceptors (Lipinski definition) is 6. The number of aromatic nitrogens is 4. The van der Waals surface area contributed by atoms with Crippen molar-refractivity contribution in [2.45, 2.75) is 25.7 Å². The highest BCUT2D eigenvalue weighted by Crippen LogP contribution is 2.29. The van der Waals surface area contributed by atoms with Gasteiger partial charge >= 0.3 is 0 Å². The van der Waals surface area contributed by atoms with Crippen LogP contribution in [0.2, 0.25) is 0 Å². The average molecular weight is 321 g/mol. The van der Waals surface area contributed by atoms with Crippen molar-refractivity contribution < 1.29 is 4.52 Å². The minimum absolute atomic E-state index is 0.466. The molecule has 0 spiro atoms. The van der Waals surface area contributed by atoms with Crippen LogP contribution in [0.5, 0.6) is 0 Å². The van der Waals surface area contributed by atoms with E-state index in [4.69, 9.17) is 4.52 Å². The third kappa shape index (κ3) is 2.99. The molecule has 122 valence electrons. The molecule has 1 aliphatic rings. The SMILES string of the molecule is c1ccc(-c2noc(-c3cncnc3N3CCCCCC3)n2)cc1. The maximum absolute atomic E-state index is 5.50. The molecule has 4 rings (SSSR count). The van der Waals surface area contributed by atoms with Crippen molar-refractivity contribution in [2.24, 2.45) is 0 Å². The van der Waals surface area contributed by atoms with Crippen molar-refractivity contribution >= 4 is 5.82 Å². The Morgan fingerprint density at radius 2 is 1.75 bits per heavy atom. The van der Waals surface area contributed by atoms with Crippen LogP contribution in [-0.4, -0.2) is 33.2 Å². The summed E-state index contributed by atoms with van der Waals surface area (Å²) in [4.78, 5) is 15.5. The third-order valence-electron chi connectivity index (χ3n) is 4.29. The smallest absolute Gasteiger partial charge is 0.263 e. The maximum Gasteiger partial charge on any atom is 0.263 e. The fourth-order valence-corrected chi connectivity index (χ4v) is 3.05. The number of anilines is 1. The van der Waals surface area contributed by atoms with E-state index in [1.54, 1.807) is 12.5 Å². The third-order valence-corrected chi connectivity index (χ3v) is 4.29. The highest BCUT2D eigenvalue weighted by Gasteiger charge is 2.20. The minimum atomic E-state index is 0.466. The molecule has 24 heavy (non-hydrogen) atoms. The van der Waals surface area contributed by atoms with Crippen molar-refractivity contribution in [3.63, 3.8) is 0 Å². The van der Waals surface area contributed by atoms with Crippen LogP contribution in [0.1, 0.15) is 25.7 Å². The van der Waals surface area contributed by atoms with E-state index >= 15 is 0 Å². The van der Waals surface area contributed by atoms with Gasteiger partial charge in [-0.2, -0.15) is 4.98 Å². The Bertz CT molecular complexity index is 794. The van der Waals surface area contributed by atoms with Gasteiger partial charge < -0.3 is 9.42 Å². The zero-order valence-corrected chi connectivity index (χ0v) is 13.4. The van der Waals surface area contributed by atoms with Crippen molar-refractivity contribution in [1.82, 2.24) is 20.1 Å². The summed E-state index contributed by atoms with van der Waals surface area (Å²) in [5.41, 5.74) is 1.73. The van der Waals surface area contributed by atoms with Gasteiger partial charge in [0.2, 0.25) is 5.82 Å². The molecule has 0 saturated carbocycles. The van der Waals surface area contributed by atoms with Crippen LogP contribution in [0.25, 0.3) is 22.8 Å². The first-order chi connectivity index (χ1) is 11.9. The molecular weight excluding hydrogens is 302 g/mol. The zero-order chi connectivity index (χ0) is 16.2. The molecule has 1 aromatic carbocycles. The Hall–Kier alpha value is -2.76. The Morgan fingerprint density at radius 1 is 0.958 bits per heavy atom. The summed E-state index contributed by atoms with van der Waals surface area (Å²) < 4.78 is 5.50. The molecule has 1 saturated heterocycles. The molecule has 3 aromatic rings. The first kappa shape index (κ1) is 14.8. The van der Waals surface area contributed by atoms with Gasteiger partial charge in [-0.3, -0.25) is 0 Å². The lowest BCUT2D eigenvalue weighted by Crippen LogP contribution is -2.25. The summed E-state index contributed by atoms with van der Waals surface area (Å²) in [6.45, 7) is 2.01. The van der Waals surface area contributed by atoms with Crippen molar-refractivity contribution in [3.05, 3.63) is 42.9 Å². The second-order valence-electron chi connectivity index (χ2n) is 5.95. The molecule has 0 unspecified atom stereocenters. The van der Waals surface area contributed by atoms with E-state index in [9.17, 15) is 0 Å². The summed E-state index contributed by atoms with van der Waals surface area (Å²) in [5, 5.41) is 4.11. The normalized spacial score (nSPS) is 15.2. The van der Waals surface area contributed by atoms with Crippen molar-refractivity contribution in [3.8, 4) is 22.8 Å². The predicted molar refractivity (Wildman–Crippen MR) is 91.4 cm³/mol. The molecule has 0 atom stereocenters. The molecule has 0 amide bonds. The van der Waals surface area contributed by atoms with Gasteiger partial charge in [0.25, 0.3) is 5.89 Å². The average Bonchev–Trinajstić information content (AvgIpc) is 2.98. The van der Waals surface area contributed by atoms with E-state index in [1.165, 1.54) is 25.7 Å². The Balaban J connectivity index is 1.68. The summed E-state index contributed by atoms with van der Waals surface area (Å²) in [6, 6.07) is 9.81. The molecule has 0 N–H and O–H groups in total. The van der Waals surface area contributed by atoms with Gasteiger partial charge in [0.15, 0.2) is 0 Å². The van der Waals surface area contributed by atoms with Gasteiger partial charge in [0.1, 0.15) is 17.7 Å². The largest absolute Gasteiger partial charge is 0.356 e. The Morgan fingerprint density at radius 3 is 2.54 bits per heavy atom. The molecule has 0 bridgehead atoms. The van der Waals surface area contributed by atoms with E-state index in [0.717, 1.165) is 30.0 Å². The molecule has 1 fully saturated rings. The summed E-state index contributed by atoms with van der Waals surface area (Å²) in [5.74, 6) is 1.93. The van der Waals surface area contributed by atoms with Gasteiger partial charge in [-0.1, -0.05) is 48.3 Å². The number of rotatable bonds is 3. The summed E-state index contributed by atoms with van der Waals surface area (Å²) in [6.07, 6.45) is 8.25.